The fraction of sp³-hybridized carbons (Fsp3) is 0.120. The highest BCUT2D eigenvalue weighted by molar-refractivity contribution is 6.12. The van der Waals surface area contributed by atoms with E-state index >= 15 is 0 Å². The van der Waals surface area contributed by atoms with E-state index in [-0.39, 0.29) is 5.91 Å². The van der Waals surface area contributed by atoms with Crippen molar-refractivity contribution in [2.75, 3.05) is 12.4 Å². The standard InChI is InChI=1S/C25H22N6O2/c1-16-26-12-13-31(16)19-8-6-18(7-9-19)28-25(32)21-14-23(17-4-10-20(33-3)11-5-17)29-24-22(21)15-27-30(24)2/h4-15H,1-3H3,(H,28,32). The number of aryl methyl sites for hydroxylation is 2. The lowest BCUT2D eigenvalue weighted by Crippen LogP contribution is -2.13. The Kier molecular flexibility index (Phi) is 5.10. The van der Waals surface area contributed by atoms with E-state index in [1.54, 1.807) is 30.3 Å². The third kappa shape index (κ3) is 3.82. The molecule has 8 heteroatoms. The molecule has 8 nitrogen and oxygen atoms in total. The number of imidazole rings is 1. The number of hydrogen-bond acceptors (Lipinski definition) is 5. The first-order valence-corrected chi connectivity index (χ1v) is 10.4. The smallest absolute Gasteiger partial charge is 0.256 e. The molecule has 0 aliphatic carbocycles. The molecule has 2 aromatic carbocycles. The van der Waals surface area contributed by atoms with Crippen LogP contribution in [0.5, 0.6) is 5.75 Å². The van der Waals surface area contributed by atoms with Crippen molar-refractivity contribution < 1.29 is 9.53 Å². The monoisotopic (exact) mass is 438 g/mol. The minimum absolute atomic E-state index is 0.225. The largest absolute Gasteiger partial charge is 0.497 e. The predicted octanol–water partition coefficient (Wildman–Crippen LogP) is 4.39. The molecular formula is C25H22N6O2. The van der Waals surface area contributed by atoms with Crippen LogP contribution in [0.3, 0.4) is 0 Å². The van der Waals surface area contributed by atoms with Crippen molar-refractivity contribution in [1.29, 1.82) is 0 Å². The van der Waals surface area contributed by atoms with Crippen LogP contribution < -0.4 is 10.1 Å². The van der Waals surface area contributed by atoms with E-state index in [4.69, 9.17) is 9.72 Å². The Morgan fingerprint density at radius 1 is 1.06 bits per heavy atom. The first kappa shape index (κ1) is 20.4. The lowest BCUT2D eigenvalue weighted by molar-refractivity contribution is 0.102. The molecule has 3 heterocycles. The van der Waals surface area contributed by atoms with Crippen molar-refractivity contribution in [3.63, 3.8) is 0 Å². The lowest BCUT2D eigenvalue weighted by atomic mass is 10.1. The molecule has 0 radical (unpaired) electrons. The number of pyridine rings is 1. The third-order valence-electron chi connectivity index (χ3n) is 5.56. The maximum absolute atomic E-state index is 13.3. The van der Waals surface area contributed by atoms with Gasteiger partial charge in [-0.1, -0.05) is 0 Å². The highest BCUT2D eigenvalue weighted by Crippen LogP contribution is 2.27. The van der Waals surface area contributed by atoms with Crippen molar-refractivity contribution in [2.45, 2.75) is 6.92 Å². The molecule has 3 aromatic heterocycles. The molecule has 0 atom stereocenters. The Hall–Kier alpha value is -4.46. The molecule has 33 heavy (non-hydrogen) atoms. The van der Waals surface area contributed by atoms with Crippen LogP contribution >= 0.6 is 0 Å². The summed E-state index contributed by atoms with van der Waals surface area (Å²) in [6.07, 6.45) is 5.33. The average molecular weight is 438 g/mol. The zero-order valence-corrected chi connectivity index (χ0v) is 18.5. The Balaban J connectivity index is 1.48. The quantitative estimate of drug-likeness (QED) is 0.440. The summed E-state index contributed by atoms with van der Waals surface area (Å²) in [6, 6.07) is 17.0. The molecule has 164 valence electrons. The van der Waals surface area contributed by atoms with Gasteiger partial charge in [-0.15, -0.1) is 0 Å². The van der Waals surface area contributed by atoms with E-state index in [1.807, 2.05) is 73.3 Å². The number of amides is 1. The molecule has 0 saturated heterocycles. The molecular weight excluding hydrogens is 416 g/mol. The summed E-state index contributed by atoms with van der Waals surface area (Å²) in [4.78, 5) is 22.3. The number of anilines is 1. The fourth-order valence-electron chi connectivity index (χ4n) is 3.77. The van der Waals surface area contributed by atoms with Gasteiger partial charge in [0.25, 0.3) is 5.91 Å². The van der Waals surface area contributed by atoms with Crippen LogP contribution in [0.4, 0.5) is 5.69 Å². The van der Waals surface area contributed by atoms with Crippen molar-refractivity contribution in [2.24, 2.45) is 7.05 Å². The van der Waals surface area contributed by atoms with Crippen LogP contribution in [0.25, 0.3) is 28.0 Å². The summed E-state index contributed by atoms with van der Waals surface area (Å²) < 4.78 is 8.89. The van der Waals surface area contributed by atoms with Gasteiger partial charge in [-0.3, -0.25) is 9.48 Å². The Morgan fingerprint density at radius 2 is 1.82 bits per heavy atom. The molecule has 0 aliphatic rings. The van der Waals surface area contributed by atoms with Gasteiger partial charge in [0.05, 0.1) is 30.0 Å². The van der Waals surface area contributed by atoms with Gasteiger partial charge >= 0.3 is 0 Å². The second-order valence-corrected chi connectivity index (χ2v) is 7.63. The van der Waals surface area contributed by atoms with Crippen molar-refractivity contribution in [3.05, 3.63) is 84.6 Å². The Bertz CT molecular complexity index is 1450. The summed E-state index contributed by atoms with van der Waals surface area (Å²) in [5.41, 5.74) is 4.38. The van der Waals surface area contributed by atoms with Crippen molar-refractivity contribution >= 4 is 22.6 Å². The number of methoxy groups -OCH3 is 1. The van der Waals surface area contributed by atoms with Gasteiger partial charge in [-0.05, 0) is 61.5 Å². The van der Waals surface area contributed by atoms with Gasteiger partial charge in [0.1, 0.15) is 11.6 Å². The fourth-order valence-corrected chi connectivity index (χ4v) is 3.77. The van der Waals surface area contributed by atoms with Crippen molar-refractivity contribution in [3.8, 4) is 22.7 Å². The van der Waals surface area contributed by atoms with E-state index in [1.165, 1.54) is 0 Å². The number of fused-ring (bicyclic) bond motifs is 1. The van der Waals surface area contributed by atoms with E-state index in [0.717, 1.165) is 22.8 Å². The van der Waals surface area contributed by atoms with Crippen LogP contribution in [0, 0.1) is 6.92 Å². The Morgan fingerprint density at radius 3 is 2.48 bits per heavy atom. The van der Waals surface area contributed by atoms with Crippen LogP contribution in [0.15, 0.2) is 73.2 Å². The summed E-state index contributed by atoms with van der Waals surface area (Å²) in [5, 5.41) is 7.99. The number of aromatic nitrogens is 5. The molecule has 5 aromatic rings. The molecule has 0 bridgehead atoms. The number of nitrogens with zero attached hydrogens (tertiary/aromatic N) is 5. The second-order valence-electron chi connectivity index (χ2n) is 7.63. The van der Waals surface area contributed by atoms with E-state index in [0.29, 0.717) is 28.0 Å². The lowest BCUT2D eigenvalue weighted by Gasteiger charge is -2.10. The number of ether oxygens (including phenoxy) is 1. The number of carbonyl (C=O) groups is 1. The number of benzene rings is 2. The first-order chi connectivity index (χ1) is 16.0. The minimum atomic E-state index is -0.225. The predicted molar refractivity (Wildman–Crippen MR) is 127 cm³/mol. The molecule has 0 spiro atoms. The van der Waals surface area contributed by atoms with Crippen LogP contribution in [-0.2, 0) is 7.05 Å². The van der Waals surface area contributed by atoms with Gasteiger partial charge in [-0.25, -0.2) is 9.97 Å². The summed E-state index contributed by atoms with van der Waals surface area (Å²) >= 11 is 0. The van der Waals surface area contributed by atoms with Gasteiger partial charge < -0.3 is 14.6 Å². The zero-order chi connectivity index (χ0) is 22.9. The van der Waals surface area contributed by atoms with Crippen LogP contribution in [0.2, 0.25) is 0 Å². The number of rotatable bonds is 5. The normalized spacial score (nSPS) is 11.0. The van der Waals surface area contributed by atoms with Crippen LogP contribution in [-0.4, -0.2) is 37.3 Å². The average Bonchev–Trinajstić information content (AvgIpc) is 3.44. The minimum Gasteiger partial charge on any atom is -0.497 e. The number of hydrogen-bond donors (Lipinski definition) is 1. The van der Waals surface area contributed by atoms with E-state index in [9.17, 15) is 4.79 Å². The van der Waals surface area contributed by atoms with E-state index < -0.39 is 0 Å². The third-order valence-corrected chi connectivity index (χ3v) is 5.56. The van der Waals surface area contributed by atoms with Crippen molar-refractivity contribution in [1.82, 2.24) is 24.3 Å². The molecule has 0 aliphatic heterocycles. The molecule has 0 fully saturated rings. The van der Waals surface area contributed by atoms with Gasteiger partial charge in [-0.2, -0.15) is 5.10 Å². The topological polar surface area (TPSA) is 86.9 Å². The highest BCUT2D eigenvalue weighted by Gasteiger charge is 2.17. The number of nitrogens with one attached hydrogen (secondary N) is 1. The maximum Gasteiger partial charge on any atom is 0.256 e. The van der Waals surface area contributed by atoms with Gasteiger partial charge in [0.2, 0.25) is 0 Å². The van der Waals surface area contributed by atoms with Crippen LogP contribution in [0.1, 0.15) is 16.2 Å². The summed E-state index contributed by atoms with van der Waals surface area (Å²) in [7, 11) is 3.44. The molecule has 1 amide bonds. The highest BCUT2D eigenvalue weighted by atomic mass is 16.5. The summed E-state index contributed by atoms with van der Waals surface area (Å²) in [5.74, 6) is 1.43. The van der Waals surface area contributed by atoms with E-state index in [2.05, 4.69) is 15.4 Å². The SMILES string of the molecule is COc1ccc(-c2cc(C(=O)Nc3ccc(-n4ccnc4C)cc3)c3cnn(C)c3n2)cc1. The summed E-state index contributed by atoms with van der Waals surface area (Å²) in [6.45, 7) is 1.94. The van der Waals surface area contributed by atoms with Gasteiger partial charge in [0.15, 0.2) is 5.65 Å². The molecule has 0 saturated carbocycles. The second kappa shape index (κ2) is 8.23. The Labute approximate surface area is 190 Å². The maximum atomic E-state index is 13.3. The molecule has 5 rings (SSSR count). The molecule has 0 unspecified atom stereocenters. The zero-order valence-electron chi connectivity index (χ0n) is 18.5. The van der Waals surface area contributed by atoms with Gasteiger partial charge in [0, 0.05) is 36.4 Å². The first-order valence-electron chi connectivity index (χ1n) is 10.4. The molecule has 1 N–H and O–H groups in total. The number of carbonyl (C=O) groups excluding carboxylic acids is 1.